The van der Waals surface area contributed by atoms with Crippen molar-refractivity contribution in [2.75, 3.05) is 0 Å². The standard InChI is InChI=1S/C29H19F3N2O3S/c30-29(31,32)38(35,36)37-25-17-23(20-10-4-1-5-11-20)16-24(18-25)27-19-26(21-12-6-2-7-13-21)33-28(34-27)22-14-8-3-9-15-22/h1-19H. The minimum atomic E-state index is -5.88. The van der Waals surface area contributed by atoms with Crippen LogP contribution in [-0.2, 0) is 10.1 Å². The summed E-state index contributed by atoms with van der Waals surface area (Å²) in [5.74, 6) is -0.0859. The fraction of sp³-hybridized carbons (Fsp3) is 0.0345. The number of nitrogens with zero attached hydrogens (tertiary/aromatic N) is 2. The zero-order chi connectivity index (χ0) is 26.8. The molecule has 0 aliphatic heterocycles. The Morgan fingerprint density at radius 3 is 1.58 bits per heavy atom. The second-order valence-corrected chi connectivity index (χ2v) is 9.83. The zero-order valence-electron chi connectivity index (χ0n) is 19.6. The van der Waals surface area contributed by atoms with E-state index in [4.69, 9.17) is 4.98 Å². The Morgan fingerprint density at radius 2 is 1.03 bits per heavy atom. The highest BCUT2D eigenvalue weighted by molar-refractivity contribution is 7.88. The lowest BCUT2D eigenvalue weighted by molar-refractivity contribution is -0.0500. The van der Waals surface area contributed by atoms with Crippen LogP contribution in [0, 0.1) is 0 Å². The summed E-state index contributed by atoms with van der Waals surface area (Å²) in [6, 6.07) is 33.3. The predicted molar refractivity (Wildman–Crippen MR) is 139 cm³/mol. The second kappa shape index (κ2) is 10.1. The number of halogens is 3. The first kappa shape index (κ1) is 25.2. The highest BCUT2D eigenvalue weighted by Gasteiger charge is 2.48. The lowest BCUT2D eigenvalue weighted by atomic mass is 10.00. The number of hydrogen-bond acceptors (Lipinski definition) is 5. The monoisotopic (exact) mass is 532 g/mol. The summed E-state index contributed by atoms with van der Waals surface area (Å²) < 4.78 is 67.5. The van der Waals surface area contributed by atoms with Gasteiger partial charge < -0.3 is 4.18 Å². The Hall–Kier alpha value is -4.50. The van der Waals surface area contributed by atoms with Gasteiger partial charge in [-0.05, 0) is 35.4 Å². The number of hydrogen-bond donors (Lipinski definition) is 0. The van der Waals surface area contributed by atoms with E-state index in [0.29, 0.717) is 33.9 Å². The largest absolute Gasteiger partial charge is 0.534 e. The predicted octanol–water partition coefficient (Wildman–Crippen LogP) is 7.37. The summed E-state index contributed by atoms with van der Waals surface area (Å²) in [5, 5.41) is 0. The van der Waals surface area contributed by atoms with E-state index < -0.39 is 21.4 Å². The first-order valence-electron chi connectivity index (χ1n) is 11.4. The van der Waals surface area contributed by atoms with Crippen LogP contribution < -0.4 is 4.18 Å². The summed E-state index contributed by atoms with van der Waals surface area (Å²) in [6.45, 7) is 0. The normalized spacial score (nSPS) is 11.8. The average Bonchev–Trinajstić information content (AvgIpc) is 2.93. The Kier molecular flexibility index (Phi) is 6.69. The quantitative estimate of drug-likeness (QED) is 0.169. The lowest BCUT2D eigenvalue weighted by Gasteiger charge is -2.14. The van der Waals surface area contributed by atoms with E-state index in [2.05, 4.69) is 9.17 Å². The molecule has 0 atom stereocenters. The molecule has 0 bridgehead atoms. The van der Waals surface area contributed by atoms with Gasteiger partial charge in [0.15, 0.2) is 5.82 Å². The maximum absolute atomic E-state index is 13.1. The molecular weight excluding hydrogens is 513 g/mol. The Bertz CT molecular complexity index is 1620. The first-order chi connectivity index (χ1) is 18.2. The zero-order valence-corrected chi connectivity index (χ0v) is 20.4. The van der Waals surface area contributed by atoms with Gasteiger partial charge in [0.2, 0.25) is 0 Å². The second-order valence-electron chi connectivity index (χ2n) is 8.29. The summed E-state index contributed by atoms with van der Waals surface area (Å²) in [6.07, 6.45) is 0. The maximum Gasteiger partial charge on any atom is 0.534 e. The third kappa shape index (κ3) is 5.42. The van der Waals surface area contributed by atoms with Crippen molar-refractivity contribution in [3.05, 3.63) is 115 Å². The molecule has 38 heavy (non-hydrogen) atoms. The molecule has 0 amide bonds. The van der Waals surface area contributed by atoms with Crippen molar-refractivity contribution in [2.45, 2.75) is 5.51 Å². The Labute approximate surface area is 217 Å². The Morgan fingerprint density at radius 1 is 0.553 bits per heavy atom. The molecule has 5 nitrogen and oxygen atoms in total. The third-order valence-corrected chi connectivity index (χ3v) is 6.61. The number of aromatic nitrogens is 2. The molecule has 0 saturated carbocycles. The minimum Gasteiger partial charge on any atom is -0.376 e. The highest BCUT2D eigenvalue weighted by atomic mass is 32.2. The fourth-order valence-electron chi connectivity index (χ4n) is 3.83. The molecule has 5 aromatic rings. The molecular formula is C29H19F3N2O3S. The van der Waals surface area contributed by atoms with Gasteiger partial charge in [0.1, 0.15) is 5.75 Å². The van der Waals surface area contributed by atoms with E-state index in [1.807, 2.05) is 60.7 Å². The van der Waals surface area contributed by atoms with Crippen molar-refractivity contribution in [2.24, 2.45) is 0 Å². The minimum absolute atomic E-state index is 0.357. The van der Waals surface area contributed by atoms with Crippen LogP contribution in [0.4, 0.5) is 13.2 Å². The smallest absolute Gasteiger partial charge is 0.376 e. The van der Waals surface area contributed by atoms with Gasteiger partial charge in [-0.2, -0.15) is 21.6 Å². The van der Waals surface area contributed by atoms with Crippen molar-refractivity contribution < 1.29 is 25.8 Å². The van der Waals surface area contributed by atoms with Gasteiger partial charge in [0.05, 0.1) is 11.4 Å². The number of rotatable bonds is 6. The molecule has 5 rings (SSSR count). The lowest BCUT2D eigenvalue weighted by Crippen LogP contribution is -2.28. The van der Waals surface area contributed by atoms with Gasteiger partial charge >= 0.3 is 15.6 Å². The molecule has 1 heterocycles. The summed E-state index contributed by atoms with van der Waals surface area (Å²) >= 11 is 0. The summed E-state index contributed by atoms with van der Waals surface area (Å²) in [5.41, 5.74) is -1.59. The third-order valence-electron chi connectivity index (χ3n) is 5.63. The van der Waals surface area contributed by atoms with Gasteiger partial charge in [-0.15, -0.1) is 0 Å². The molecule has 0 aliphatic carbocycles. The number of alkyl halides is 3. The van der Waals surface area contributed by atoms with Crippen LogP contribution in [0.1, 0.15) is 0 Å². The van der Waals surface area contributed by atoms with Crippen LogP contribution >= 0.6 is 0 Å². The molecule has 0 aliphatic rings. The average molecular weight is 533 g/mol. The maximum atomic E-state index is 13.1. The van der Waals surface area contributed by atoms with Crippen LogP contribution in [0.5, 0.6) is 5.75 Å². The van der Waals surface area contributed by atoms with E-state index in [1.165, 1.54) is 12.1 Å². The van der Waals surface area contributed by atoms with E-state index in [-0.39, 0.29) is 0 Å². The molecule has 0 spiro atoms. The molecule has 1 aromatic heterocycles. The highest BCUT2D eigenvalue weighted by Crippen LogP contribution is 2.35. The van der Waals surface area contributed by atoms with Crippen LogP contribution in [0.2, 0.25) is 0 Å². The van der Waals surface area contributed by atoms with Crippen LogP contribution in [0.15, 0.2) is 115 Å². The van der Waals surface area contributed by atoms with Gasteiger partial charge in [-0.25, -0.2) is 9.97 Å². The SMILES string of the molecule is O=S(=O)(Oc1cc(-c2ccccc2)cc(-c2cc(-c3ccccc3)nc(-c3ccccc3)n2)c1)C(F)(F)F. The van der Waals surface area contributed by atoms with Crippen molar-refractivity contribution in [1.29, 1.82) is 0 Å². The van der Waals surface area contributed by atoms with Crippen molar-refractivity contribution >= 4 is 10.1 Å². The van der Waals surface area contributed by atoms with E-state index in [9.17, 15) is 21.6 Å². The fourth-order valence-corrected chi connectivity index (χ4v) is 4.28. The molecule has 9 heteroatoms. The molecule has 0 fully saturated rings. The Balaban J connectivity index is 1.72. The molecule has 0 unspecified atom stereocenters. The van der Waals surface area contributed by atoms with Gasteiger partial charge in [0.25, 0.3) is 0 Å². The van der Waals surface area contributed by atoms with Crippen LogP contribution in [-0.4, -0.2) is 23.9 Å². The van der Waals surface area contributed by atoms with E-state index >= 15 is 0 Å². The summed E-state index contributed by atoms with van der Waals surface area (Å²) in [7, 11) is -5.88. The van der Waals surface area contributed by atoms with Crippen molar-refractivity contribution in [1.82, 2.24) is 9.97 Å². The first-order valence-corrected chi connectivity index (χ1v) is 12.8. The van der Waals surface area contributed by atoms with Crippen molar-refractivity contribution in [3.8, 4) is 50.8 Å². The van der Waals surface area contributed by atoms with Crippen LogP contribution in [0.25, 0.3) is 45.0 Å². The molecule has 0 radical (unpaired) electrons. The van der Waals surface area contributed by atoms with Gasteiger partial charge in [0, 0.05) is 16.7 Å². The van der Waals surface area contributed by atoms with Crippen molar-refractivity contribution in [3.63, 3.8) is 0 Å². The van der Waals surface area contributed by atoms with Crippen LogP contribution in [0.3, 0.4) is 0 Å². The molecule has 0 saturated heterocycles. The van der Waals surface area contributed by atoms with E-state index in [1.54, 1.807) is 42.5 Å². The topological polar surface area (TPSA) is 69.2 Å². The van der Waals surface area contributed by atoms with Gasteiger partial charge in [-0.1, -0.05) is 91.0 Å². The number of benzene rings is 4. The molecule has 4 aromatic carbocycles. The summed E-state index contributed by atoms with van der Waals surface area (Å²) in [4.78, 5) is 9.39. The molecule has 190 valence electrons. The molecule has 0 N–H and O–H groups in total. The van der Waals surface area contributed by atoms with E-state index in [0.717, 1.165) is 11.1 Å². The van der Waals surface area contributed by atoms with Gasteiger partial charge in [-0.3, -0.25) is 0 Å².